The Morgan fingerprint density at radius 3 is 3.25 bits per heavy atom. The van der Waals surface area contributed by atoms with Crippen LogP contribution in [0.25, 0.3) is 0 Å². The minimum absolute atomic E-state index is 3.16. The maximum atomic E-state index is 8.48. The molecule has 0 radical (unpaired) electrons. The first kappa shape index (κ1) is 0.350. The molecule has 0 amide bonds. The van der Waals surface area contributed by atoms with Gasteiger partial charge in [0.25, 0.3) is 0 Å². The van der Waals surface area contributed by atoms with Crippen LogP contribution < -0.4 is 0 Å². The van der Waals surface area contributed by atoms with Crippen LogP contribution in [-0.4, -0.2) is 11.7 Å². The Labute approximate surface area is 36.1 Å². The van der Waals surface area contributed by atoms with Crippen molar-refractivity contribution in [3.05, 3.63) is 0 Å². The van der Waals surface area contributed by atoms with E-state index in [-0.39, 0.29) is 0 Å². The second-order valence-corrected chi connectivity index (χ2v) is 0.237. The maximum Gasteiger partial charge on any atom is 0.0564 e. The molecule has 0 aliphatic carbocycles. The number of hydrogen-bond donors (Lipinski definition) is 1. The first-order valence-electron chi connectivity index (χ1n) is 4.22. The molecule has 0 aromatic rings. The highest BCUT2D eigenvalue weighted by Crippen LogP contribution is 1.61. The van der Waals surface area contributed by atoms with Gasteiger partial charge in [0.05, 0.1) is 2.74 Å². The molecule has 4 heavy (non-hydrogen) atoms. The van der Waals surface area contributed by atoms with Crippen LogP contribution in [0.2, 0.25) is 0 Å². The van der Waals surface area contributed by atoms with Crippen molar-refractivity contribution in [2.75, 3.05) is 6.56 Å². The summed E-state index contributed by atoms with van der Waals surface area (Å²) in [6.07, 6.45) is -3.24. The van der Waals surface area contributed by atoms with Gasteiger partial charge < -0.3 is 5.11 Å². The van der Waals surface area contributed by atoms with E-state index in [1.54, 1.807) is 0 Å². The molecule has 0 bridgehead atoms. The lowest BCUT2D eigenvalue weighted by Gasteiger charge is -1.69. The van der Waals surface area contributed by atoms with Crippen molar-refractivity contribution in [3.8, 4) is 0 Å². The third-order valence-corrected chi connectivity index (χ3v) is 0.0559. The van der Waals surface area contributed by atoms with Crippen LogP contribution in [0, 0.1) is 0 Å². The van der Waals surface area contributed by atoms with Gasteiger partial charge in [0.2, 0.25) is 0 Å². The first-order valence-corrected chi connectivity index (χ1v) is 0.724. The summed E-state index contributed by atoms with van der Waals surface area (Å²) < 4.78 is 46.0. The number of hydrogen-bond acceptors (Lipinski definition) is 1. The summed E-state index contributed by atoms with van der Waals surface area (Å²) in [6, 6.07) is 0. The van der Waals surface area contributed by atoms with Crippen molar-refractivity contribution >= 4 is 0 Å². The van der Waals surface area contributed by atoms with E-state index >= 15 is 0 Å². The Hall–Kier alpha value is -0.0400. The molecule has 0 heterocycles. The first-order chi connectivity index (χ1) is 4.50. The zero-order chi connectivity index (χ0) is 9.50. The lowest BCUT2D eigenvalue weighted by molar-refractivity contribution is 0.295. The molecule has 1 nitrogen and oxygen atoms in total. The zero-order valence-electron chi connectivity index (χ0n) is 8.95. The van der Waals surface area contributed by atoms with Crippen molar-refractivity contribution in [2.45, 2.75) is 13.2 Å². The van der Waals surface area contributed by atoms with Gasteiger partial charge in [-0.3, -0.25) is 0 Å². The van der Waals surface area contributed by atoms with Crippen LogP contribution in [-0.2, 0) is 0 Å². The van der Waals surface area contributed by atoms with Gasteiger partial charge >= 0.3 is 0 Å². The number of rotatable bonds is 1. The highest BCUT2D eigenvalue weighted by Gasteiger charge is 1.57. The number of aliphatic hydroxyl groups is 1. The molecular formula is C3H8O. The summed E-state index contributed by atoms with van der Waals surface area (Å²) in [7, 11) is 0. The molecule has 0 aromatic heterocycles. The molecule has 0 fully saturated rings. The van der Waals surface area contributed by atoms with Crippen molar-refractivity contribution in [1.29, 1.82) is 0 Å². The predicted octanol–water partition coefficient (Wildman–Crippen LogP) is 0.389. The van der Waals surface area contributed by atoms with E-state index in [1.165, 1.54) is 0 Å². The minimum atomic E-state index is -3.35. The molecule has 0 aromatic carbocycles. The lowest BCUT2D eigenvalue weighted by Crippen LogP contribution is -1.69. The molecule has 0 spiro atoms. The molecule has 0 saturated heterocycles. The summed E-state index contributed by atoms with van der Waals surface area (Å²) in [4.78, 5) is 0. The topological polar surface area (TPSA) is 20.2 Å². The Bertz CT molecular complexity index is 125. The van der Waals surface area contributed by atoms with E-state index < -0.39 is 19.8 Å². The van der Waals surface area contributed by atoms with E-state index in [2.05, 4.69) is 0 Å². The van der Waals surface area contributed by atoms with Crippen molar-refractivity contribution in [1.82, 2.24) is 0 Å². The Morgan fingerprint density at radius 2 is 3.25 bits per heavy atom. The van der Waals surface area contributed by atoms with E-state index in [0.717, 1.165) is 0 Å². The summed E-state index contributed by atoms with van der Waals surface area (Å²) in [5, 5.41) is 8.48. The minimum Gasteiger partial charge on any atom is -0.396 e. The largest absolute Gasteiger partial charge is 0.396 e. The normalized spacial score (nSPS) is 43.8. The second-order valence-electron chi connectivity index (χ2n) is 0.237. The fraction of sp³-hybridized carbons (Fsp3) is 1.00. The van der Waals surface area contributed by atoms with Gasteiger partial charge in [0.1, 0.15) is 0 Å². The van der Waals surface area contributed by atoms with Gasteiger partial charge in [-0.05, 0) is 6.37 Å². The van der Waals surface area contributed by atoms with E-state index in [1.807, 2.05) is 0 Å². The van der Waals surface area contributed by atoms with Crippen molar-refractivity contribution < 1.29 is 14.7 Å². The third-order valence-electron chi connectivity index (χ3n) is 0.0559. The fourth-order valence-corrected chi connectivity index (χ4v) is 0. The van der Waals surface area contributed by atoms with Crippen LogP contribution >= 0.6 is 0 Å². The van der Waals surface area contributed by atoms with Gasteiger partial charge in [-0.2, -0.15) is 0 Å². The van der Waals surface area contributed by atoms with E-state index in [4.69, 9.17) is 14.7 Å². The SMILES string of the molecule is [2H]C([2H])([2H])C([2H])([2H])C([2H])([2H])O. The third kappa shape index (κ3) is 1.96. The molecule has 0 saturated carbocycles. The van der Waals surface area contributed by atoms with Gasteiger partial charge in [-0.25, -0.2) is 0 Å². The molecule has 26 valence electrons. The van der Waals surface area contributed by atoms with Gasteiger partial charge in [0.15, 0.2) is 0 Å². The summed E-state index contributed by atoms with van der Waals surface area (Å²) in [5.41, 5.74) is 0. The average Bonchev–Trinajstić information content (AvgIpc) is 1.58. The van der Waals surface area contributed by atoms with E-state index in [9.17, 15) is 0 Å². The quantitative estimate of drug-likeness (QED) is 0.470. The maximum absolute atomic E-state index is 8.48. The van der Waals surface area contributed by atoms with Crippen LogP contribution in [0.5, 0.6) is 0 Å². The summed E-state index contributed by atoms with van der Waals surface area (Å²) in [5.74, 6) is 0. The van der Waals surface area contributed by atoms with Crippen molar-refractivity contribution in [2.24, 2.45) is 0 Å². The van der Waals surface area contributed by atoms with Gasteiger partial charge in [-0.1, -0.05) is 6.85 Å². The predicted molar refractivity (Wildman–Crippen MR) is 17.4 cm³/mol. The van der Waals surface area contributed by atoms with Crippen LogP contribution in [0.4, 0.5) is 0 Å². The van der Waals surface area contributed by atoms with Crippen LogP contribution in [0.15, 0.2) is 0 Å². The van der Waals surface area contributed by atoms with Gasteiger partial charge in [-0.15, -0.1) is 0 Å². The lowest BCUT2D eigenvalue weighted by atomic mass is 10.5. The highest BCUT2D eigenvalue weighted by atomic mass is 16.2. The second kappa shape index (κ2) is 2.96. The van der Waals surface area contributed by atoms with Crippen LogP contribution in [0.1, 0.15) is 22.8 Å². The molecule has 0 atom stereocenters. The molecule has 0 unspecified atom stereocenters. The molecule has 1 N–H and O–H groups in total. The highest BCUT2D eigenvalue weighted by molar-refractivity contribution is 4.10. The van der Waals surface area contributed by atoms with Crippen molar-refractivity contribution in [3.63, 3.8) is 0 Å². The standard InChI is InChI=1S/C3H8O/c1-2-3-4/h4H,2-3H2,1H3/i1D3,2D2,3D2. The Balaban J connectivity index is 4.75. The van der Waals surface area contributed by atoms with Crippen LogP contribution in [0.3, 0.4) is 0 Å². The smallest absolute Gasteiger partial charge is 0.0564 e. The monoisotopic (exact) mass is 67.1 g/mol. The molecular weight excluding hydrogens is 52.0 g/mol. The van der Waals surface area contributed by atoms with Gasteiger partial charge in [0, 0.05) is 13.4 Å². The molecule has 0 aliphatic rings. The average molecular weight is 67.1 g/mol. The van der Waals surface area contributed by atoms with E-state index in [0.29, 0.717) is 0 Å². The zero-order valence-corrected chi connectivity index (χ0v) is 1.95. The summed E-state index contributed by atoms with van der Waals surface area (Å²) in [6.45, 7) is -6.51. The fourth-order valence-electron chi connectivity index (χ4n) is 0. The summed E-state index contributed by atoms with van der Waals surface area (Å²) >= 11 is 0. The molecule has 1 heteroatoms. The molecule has 0 rings (SSSR count). The molecule has 0 aliphatic heterocycles. The Morgan fingerprint density at radius 1 is 2.50 bits per heavy atom. The Kier molecular flexibility index (Phi) is 0.259.